The van der Waals surface area contributed by atoms with Gasteiger partial charge in [0.1, 0.15) is 28.3 Å². The topological polar surface area (TPSA) is 89.2 Å². The predicted octanol–water partition coefficient (Wildman–Crippen LogP) is 5.60. The third kappa shape index (κ3) is 3.99. The molecular formula is C23H19Cl2NO6S. The van der Waals surface area contributed by atoms with Gasteiger partial charge in [-0.2, -0.15) is 0 Å². The van der Waals surface area contributed by atoms with Gasteiger partial charge < -0.3 is 23.9 Å². The SMILES string of the molecule is COc1c(Cl)cc(/C(O)=C2\C(=O)C(=O)N(Cc3cccs3)C2c2ccc(C)o2)c(OC)c1Cl. The highest BCUT2D eigenvalue weighted by molar-refractivity contribution is 7.09. The minimum atomic E-state index is -0.954. The number of hydrogen-bond donors (Lipinski definition) is 1. The fraction of sp³-hybridized carbons (Fsp3) is 0.217. The number of carbonyl (C=O) groups is 2. The van der Waals surface area contributed by atoms with E-state index in [0.29, 0.717) is 11.5 Å². The van der Waals surface area contributed by atoms with Crippen LogP contribution in [0.5, 0.6) is 11.5 Å². The summed E-state index contributed by atoms with van der Waals surface area (Å²) in [5.41, 5.74) is -0.0998. The van der Waals surface area contributed by atoms with Crippen molar-refractivity contribution in [2.24, 2.45) is 0 Å². The minimum Gasteiger partial charge on any atom is -0.507 e. The number of ketones is 1. The molecular weight excluding hydrogens is 489 g/mol. The number of rotatable bonds is 6. The number of ether oxygens (including phenoxy) is 2. The molecule has 1 atom stereocenters. The highest BCUT2D eigenvalue weighted by Gasteiger charge is 2.48. The lowest BCUT2D eigenvalue weighted by atomic mass is 9.98. The molecule has 1 aromatic carbocycles. The molecule has 10 heteroatoms. The third-order valence-corrected chi connectivity index (χ3v) is 6.76. The van der Waals surface area contributed by atoms with E-state index in [4.69, 9.17) is 37.1 Å². The molecule has 4 rings (SSSR count). The maximum Gasteiger partial charge on any atom is 0.296 e. The molecule has 3 aromatic rings. The summed E-state index contributed by atoms with van der Waals surface area (Å²) in [5.74, 6) is -0.946. The molecule has 1 unspecified atom stereocenters. The Bertz CT molecular complexity index is 1260. The monoisotopic (exact) mass is 507 g/mol. The number of furan rings is 1. The van der Waals surface area contributed by atoms with E-state index < -0.39 is 23.5 Å². The molecule has 33 heavy (non-hydrogen) atoms. The summed E-state index contributed by atoms with van der Waals surface area (Å²) in [6.45, 7) is 1.92. The standard InChI is InChI=1S/C23H19Cl2NO6S/c1-11-6-7-15(32-11)18-16(20(28)23(29)26(18)10-12-5-4-8-33-12)19(27)13-9-14(24)22(31-3)17(25)21(13)30-2/h4-9,18,27H,10H2,1-3H3/b19-16+. The molecule has 0 saturated carbocycles. The van der Waals surface area contributed by atoms with Gasteiger partial charge in [-0.1, -0.05) is 29.3 Å². The Morgan fingerprint density at radius 2 is 1.91 bits per heavy atom. The summed E-state index contributed by atoms with van der Waals surface area (Å²) >= 11 is 14.1. The first-order valence-electron chi connectivity index (χ1n) is 9.75. The number of aliphatic hydroxyl groups excluding tert-OH is 1. The van der Waals surface area contributed by atoms with Gasteiger partial charge in [-0.15, -0.1) is 11.3 Å². The van der Waals surface area contributed by atoms with Gasteiger partial charge in [-0.25, -0.2) is 0 Å². The molecule has 1 fully saturated rings. The van der Waals surface area contributed by atoms with Crippen LogP contribution in [-0.4, -0.2) is 35.9 Å². The number of benzene rings is 1. The molecule has 0 spiro atoms. The number of thiophene rings is 1. The van der Waals surface area contributed by atoms with Crippen LogP contribution in [0.25, 0.3) is 5.76 Å². The summed E-state index contributed by atoms with van der Waals surface area (Å²) in [7, 11) is 2.75. The lowest BCUT2D eigenvalue weighted by Crippen LogP contribution is -2.28. The lowest BCUT2D eigenvalue weighted by molar-refractivity contribution is -0.140. The molecule has 0 radical (unpaired) electrons. The van der Waals surface area contributed by atoms with E-state index in [1.165, 1.54) is 36.5 Å². The quantitative estimate of drug-likeness (QED) is 0.265. The van der Waals surface area contributed by atoms with Crippen LogP contribution in [0, 0.1) is 6.92 Å². The van der Waals surface area contributed by atoms with Gasteiger partial charge in [0, 0.05) is 4.88 Å². The Labute approximate surface area is 203 Å². The fourth-order valence-electron chi connectivity index (χ4n) is 3.80. The maximum absolute atomic E-state index is 13.2. The fourth-order valence-corrected chi connectivity index (χ4v) is 5.19. The predicted molar refractivity (Wildman–Crippen MR) is 125 cm³/mol. The first-order chi connectivity index (χ1) is 15.8. The Morgan fingerprint density at radius 1 is 1.18 bits per heavy atom. The minimum absolute atomic E-state index is 0.0206. The van der Waals surface area contributed by atoms with Gasteiger partial charge in [-0.3, -0.25) is 9.59 Å². The number of methoxy groups -OCH3 is 2. The van der Waals surface area contributed by atoms with Crippen molar-refractivity contribution in [2.45, 2.75) is 19.5 Å². The second kappa shape index (κ2) is 9.13. The summed E-state index contributed by atoms with van der Waals surface area (Å²) in [4.78, 5) is 28.5. The van der Waals surface area contributed by atoms with Crippen LogP contribution >= 0.6 is 34.5 Å². The number of amides is 1. The molecule has 1 aliphatic rings. The molecule has 3 heterocycles. The number of carbonyl (C=O) groups excluding carboxylic acids is 2. The van der Waals surface area contributed by atoms with Crippen molar-refractivity contribution < 1.29 is 28.6 Å². The van der Waals surface area contributed by atoms with Crippen molar-refractivity contribution in [3.05, 3.63) is 73.3 Å². The third-order valence-electron chi connectivity index (χ3n) is 5.27. The summed E-state index contributed by atoms with van der Waals surface area (Å²) in [6, 6.07) is 7.53. The smallest absolute Gasteiger partial charge is 0.296 e. The number of nitrogens with zero attached hydrogens (tertiary/aromatic N) is 1. The van der Waals surface area contributed by atoms with E-state index in [0.717, 1.165) is 4.88 Å². The van der Waals surface area contributed by atoms with Gasteiger partial charge in [0.25, 0.3) is 11.7 Å². The number of Topliss-reactive ketones (excluding diaryl/α,β-unsaturated/α-hetero) is 1. The summed E-state index contributed by atoms with van der Waals surface area (Å²) < 4.78 is 16.4. The first-order valence-corrected chi connectivity index (χ1v) is 11.4. The van der Waals surface area contributed by atoms with E-state index in [1.54, 1.807) is 19.1 Å². The number of aliphatic hydroxyl groups is 1. The molecule has 0 aliphatic carbocycles. The molecule has 2 aromatic heterocycles. The Hall–Kier alpha value is -2.94. The van der Waals surface area contributed by atoms with Crippen LogP contribution in [0.2, 0.25) is 10.0 Å². The molecule has 172 valence electrons. The normalized spacial score (nSPS) is 17.6. The molecule has 0 bridgehead atoms. The van der Waals surface area contributed by atoms with Gasteiger partial charge >= 0.3 is 0 Å². The van der Waals surface area contributed by atoms with Crippen LogP contribution < -0.4 is 9.47 Å². The molecule has 1 N–H and O–H groups in total. The van der Waals surface area contributed by atoms with Crippen molar-refractivity contribution in [2.75, 3.05) is 14.2 Å². The lowest BCUT2D eigenvalue weighted by Gasteiger charge is -2.23. The van der Waals surface area contributed by atoms with Gasteiger partial charge in [0.05, 0.1) is 36.9 Å². The molecule has 1 amide bonds. The van der Waals surface area contributed by atoms with Gasteiger partial charge in [0.2, 0.25) is 0 Å². The second-order valence-electron chi connectivity index (χ2n) is 7.24. The van der Waals surface area contributed by atoms with Crippen LogP contribution in [-0.2, 0) is 16.1 Å². The van der Waals surface area contributed by atoms with E-state index in [2.05, 4.69) is 0 Å². The van der Waals surface area contributed by atoms with Gasteiger partial charge in [-0.05, 0) is 36.6 Å². The van der Waals surface area contributed by atoms with Crippen LogP contribution in [0.4, 0.5) is 0 Å². The average Bonchev–Trinajstić information content (AvgIpc) is 3.50. The average molecular weight is 508 g/mol. The summed E-state index contributed by atoms with van der Waals surface area (Å²) in [5, 5.41) is 13.3. The number of hydrogen-bond acceptors (Lipinski definition) is 7. The second-order valence-corrected chi connectivity index (χ2v) is 9.06. The number of likely N-dealkylation sites (tertiary alicyclic amines) is 1. The summed E-state index contributed by atoms with van der Waals surface area (Å²) in [6.07, 6.45) is 0. The van der Waals surface area contributed by atoms with Gasteiger partial charge in [0.15, 0.2) is 11.5 Å². The molecule has 7 nitrogen and oxygen atoms in total. The highest BCUT2D eigenvalue weighted by atomic mass is 35.5. The van der Waals surface area contributed by atoms with Crippen molar-refractivity contribution >= 4 is 52.0 Å². The zero-order valence-corrected chi connectivity index (χ0v) is 20.2. The molecule has 1 aliphatic heterocycles. The zero-order chi connectivity index (χ0) is 23.9. The number of aryl methyl sites for hydroxylation is 1. The van der Waals surface area contributed by atoms with Crippen LogP contribution in [0.1, 0.15) is 28.0 Å². The Morgan fingerprint density at radius 3 is 2.48 bits per heavy atom. The van der Waals surface area contributed by atoms with E-state index in [9.17, 15) is 14.7 Å². The van der Waals surface area contributed by atoms with E-state index >= 15 is 0 Å². The van der Waals surface area contributed by atoms with Crippen molar-refractivity contribution in [3.63, 3.8) is 0 Å². The highest BCUT2D eigenvalue weighted by Crippen LogP contribution is 2.47. The largest absolute Gasteiger partial charge is 0.507 e. The van der Waals surface area contributed by atoms with E-state index in [1.807, 2.05) is 17.5 Å². The van der Waals surface area contributed by atoms with Crippen molar-refractivity contribution in [1.29, 1.82) is 0 Å². The Kier molecular flexibility index (Phi) is 6.43. The van der Waals surface area contributed by atoms with Crippen LogP contribution in [0.3, 0.4) is 0 Å². The van der Waals surface area contributed by atoms with Crippen molar-refractivity contribution in [1.82, 2.24) is 4.90 Å². The Balaban J connectivity index is 1.94. The zero-order valence-electron chi connectivity index (χ0n) is 17.8. The van der Waals surface area contributed by atoms with Crippen molar-refractivity contribution in [3.8, 4) is 11.5 Å². The maximum atomic E-state index is 13.2. The van der Waals surface area contributed by atoms with E-state index in [-0.39, 0.29) is 39.2 Å². The number of halogens is 2. The first kappa shape index (κ1) is 23.2. The van der Waals surface area contributed by atoms with Crippen LogP contribution in [0.15, 0.2) is 45.7 Å². The molecule has 1 saturated heterocycles.